The lowest BCUT2D eigenvalue weighted by atomic mass is 10.3. The Kier molecular flexibility index (Phi) is 3.91. The Morgan fingerprint density at radius 1 is 1.16 bits per heavy atom. The van der Waals surface area contributed by atoms with Gasteiger partial charge in [0.25, 0.3) is 0 Å². The van der Waals surface area contributed by atoms with Crippen LogP contribution in [0.25, 0.3) is 0 Å². The number of rotatable bonds is 2. The molecule has 0 spiro atoms. The molecule has 0 bridgehead atoms. The second kappa shape index (κ2) is 5.30. The van der Waals surface area contributed by atoms with Gasteiger partial charge >= 0.3 is 6.18 Å². The van der Waals surface area contributed by atoms with E-state index in [4.69, 9.17) is 17.3 Å². The van der Waals surface area contributed by atoms with Gasteiger partial charge in [-0.05, 0) is 30.3 Å². The van der Waals surface area contributed by atoms with E-state index in [0.29, 0.717) is 20.6 Å². The molecule has 0 unspecified atom stereocenters. The van der Waals surface area contributed by atoms with Gasteiger partial charge in [-0.2, -0.15) is 13.2 Å². The standard InChI is InChI=1S/C12H8ClF3N2S/c13-8-2-3-9(17)10(5-8)19-11-4-1-7(6-18-11)12(14,15)16/h1-6H,17H2. The van der Waals surface area contributed by atoms with Crippen molar-refractivity contribution in [1.29, 1.82) is 0 Å². The summed E-state index contributed by atoms with van der Waals surface area (Å²) in [6, 6.07) is 7.20. The van der Waals surface area contributed by atoms with Crippen LogP contribution >= 0.6 is 23.4 Å². The number of nitrogen functional groups attached to an aromatic ring is 1. The third-order valence-corrected chi connectivity index (χ3v) is 3.51. The molecule has 100 valence electrons. The third kappa shape index (κ3) is 3.54. The first-order chi connectivity index (χ1) is 8.86. The highest BCUT2D eigenvalue weighted by Gasteiger charge is 2.30. The number of aromatic nitrogens is 1. The van der Waals surface area contributed by atoms with Crippen molar-refractivity contribution >= 4 is 29.1 Å². The van der Waals surface area contributed by atoms with Crippen LogP contribution in [-0.2, 0) is 6.18 Å². The number of nitrogens with two attached hydrogens (primary N) is 1. The van der Waals surface area contributed by atoms with E-state index in [9.17, 15) is 13.2 Å². The van der Waals surface area contributed by atoms with Crippen LogP contribution in [-0.4, -0.2) is 4.98 Å². The summed E-state index contributed by atoms with van der Waals surface area (Å²) in [7, 11) is 0. The van der Waals surface area contributed by atoms with Gasteiger partial charge in [0.15, 0.2) is 0 Å². The van der Waals surface area contributed by atoms with Crippen LogP contribution in [0.15, 0.2) is 46.5 Å². The highest BCUT2D eigenvalue weighted by Crippen LogP contribution is 2.34. The molecule has 1 heterocycles. The van der Waals surface area contributed by atoms with Gasteiger partial charge in [0.2, 0.25) is 0 Å². The van der Waals surface area contributed by atoms with Gasteiger partial charge < -0.3 is 5.73 Å². The quantitative estimate of drug-likeness (QED) is 0.831. The highest BCUT2D eigenvalue weighted by molar-refractivity contribution is 7.99. The van der Waals surface area contributed by atoms with E-state index in [1.54, 1.807) is 18.2 Å². The van der Waals surface area contributed by atoms with Crippen molar-refractivity contribution in [3.05, 3.63) is 47.1 Å². The minimum atomic E-state index is -4.38. The molecule has 0 saturated heterocycles. The topological polar surface area (TPSA) is 38.9 Å². The number of alkyl halides is 3. The van der Waals surface area contributed by atoms with Crippen LogP contribution in [0.1, 0.15) is 5.56 Å². The summed E-state index contributed by atoms with van der Waals surface area (Å²) in [5, 5.41) is 0.922. The highest BCUT2D eigenvalue weighted by atomic mass is 35.5. The summed E-state index contributed by atoms with van der Waals surface area (Å²) in [6.45, 7) is 0. The van der Waals surface area contributed by atoms with E-state index in [1.807, 2.05) is 0 Å². The van der Waals surface area contributed by atoms with E-state index in [0.717, 1.165) is 24.0 Å². The van der Waals surface area contributed by atoms with Crippen LogP contribution in [0.3, 0.4) is 0 Å². The van der Waals surface area contributed by atoms with Gasteiger partial charge in [-0.15, -0.1) is 0 Å². The fourth-order valence-corrected chi connectivity index (χ4v) is 2.39. The van der Waals surface area contributed by atoms with Crippen molar-refractivity contribution in [1.82, 2.24) is 4.98 Å². The zero-order valence-electron chi connectivity index (χ0n) is 9.41. The molecular weight excluding hydrogens is 297 g/mol. The Balaban J connectivity index is 2.22. The van der Waals surface area contributed by atoms with Crippen LogP contribution < -0.4 is 5.73 Å². The number of hydrogen-bond acceptors (Lipinski definition) is 3. The van der Waals surface area contributed by atoms with Gasteiger partial charge in [0, 0.05) is 21.8 Å². The van der Waals surface area contributed by atoms with Crippen molar-refractivity contribution in [3.8, 4) is 0 Å². The van der Waals surface area contributed by atoms with E-state index >= 15 is 0 Å². The van der Waals surface area contributed by atoms with Gasteiger partial charge in [-0.3, -0.25) is 0 Å². The van der Waals surface area contributed by atoms with Crippen molar-refractivity contribution in [3.63, 3.8) is 0 Å². The Hall–Kier alpha value is -1.40. The number of benzene rings is 1. The number of halogens is 4. The van der Waals surface area contributed by atoms with Gasteiger partial charge in [0.05, 0.1) is 5.56 Å². The zero-order valence-corrected chi connectivity index (χ0v) is 11.0. The monoisotopic (exact) mass is 304 g/mol. The molecule has 2 aromatic rings. The second-order valence-corrected chi connectivity index (χ2v) is 5.17. The third-order valence-electron chi connectivity index (χ3n) is 2.25. The lowest BCUT2D eigenvalue weighted by Gasteiger charge is -2.08. The maximum Gasteiger partial charge on any atom is 0.417 e. The predicted octanol–water partition coefficient (Wildman–Crippen LogP) is 4.49. The lowest BCUT2D eigenvalue weighted by molar-refractivity contribution is -0.137. The normalized spacial score (nSPS) is 11.6. The molecule has 0 aliphatic rings. The molecule has 0 atom stereocenters. The SMILES string of the molecule is Nc1ccc(Cl)cc1Sc1ccc(C(F)(F)F)cn1. The molecule has 0 radical (unpaired) electrons. The number of hydrogen-bond donors (Lipinski definition) is 1. The number of nitrogens with zero attached hydrogens (tertiary/aromatic N) is 1. The average molecular weight is 305 g/mol. The number of pyridine rings is 1. The molecule has 7 heteroatoms. The van der Waals surface area contributed by atoms with Crippen molar-refractivity contribution < 1.29 is 13.2 Å². The van der Waals surface area contributed by atoms with E-state index in [1.165, 1.54) is 6.07 Å². The predicted molar refractivity (Wildman–Crippen MR) is 69.2 cm³/mol. The molecular formula is C12H8ClF3N2S. The van der Waals surface area contributed by atoms with Crippen LogP contribution in [0.2, 0.25) is 5.02 Å². The molecule has 1 aromatic heterocycles. The fraction of sp³-hybridized carbons (Fsp3) is 0.0833. The van der Waals surface area contributed by atoms with E-state index in [2.05, 4.69) is 4.98 Å². The van der Waals surface area contributed by atoms with Crippen molar-refractivity contribution in [2.24, 2.45) is 0 Å². The molecule has 19 heavy (non-hydrogen) atoms. The molecule has 0 amide bonds. The Morgan fingerprint density at radius 2 is 1.89 bits per heavy atom. The number of anilines is 1. The molecule has 0 aliphatic carbocycles. The largest absolute Gasteiger partial charge is 0.417 e. The van der Waals surface area contributed by atoms with Crippen LogP contribution in [0, 0.1) is 0 Å². The molecule has 0 fully saturated rings. The van der Waals surface area contributed by atoms with Crippen molar-refractivity contribution in [2.75, 3.05) is 5.73 Å². The summed E-state index contributed by atoms with van der Waals surface area (Å²) in [4.78, 5) is 4.41. The maximum atomic E-state index is 12.4. The summed E-state index contributed by atoms with van der Waals surface area (Å²) >= 11 is 6.99. The Bertz CT molecular complexity index is 585. The van der Waals surface area contributed by atoms with Gasteiger partial charge in [0.1, 0.15) is 5.03 Å². The van der Waals surface area contributed by atoms with Crippen LogP contribution in [0.4, 0.5) is 18.9 Å². The molecule has 1 aromatic carbocycles. The summed E-state index contributed by atoms with van der Waals surface area (Å²) in [5.74, 6) is 0. The summed E-state index contributed by atoms with van der Waals surface area (Å²) in [6.07, 6.45) is -3.59. The average Bonchev–Trinajstić information content (AvgIpc) is 2.33. The first-order valence-corrected chi connectivity index (χ1v) is 6.32. The van der Waals surface area contributed by atoms with E-state index in [-0.39, 0.29) is 0 Å². The van der Waals surface area contributed by atoms with E-state index < -0.39 is 11.7 Å². The van der Waals surface area contributed by atoms with Gasteiger partial charge in [-0.1, -0.05) is 23.4 Å². The molecule has 2 N–H and O–H groups in total. The summed E-state index contributed by atoms with van der Waals surface area (Å²) in [5.41, 5.74) is 5.46. The summed E-state index contributed by atoms with van der Waals surface area (Å²) < 4.78 is 37.1. The first kappa shape index (κ1) is 14.0. The zero-order chi connectivity index (χ0) is 14.0. The smallest absolute Gasteiger partial charge is 0.398 e. The van der Waals surface area contributed by atoms with Gasteiger partial charge in [-0.25, -0.2) is 4.98 Å². The maximum absolute atomic E-state index is 12.4. The Morgan fingerprint density at radius 3 is 2.47 bits per heavy atom. The minimum absolute atomic E-state index is 0.418. The second-order valence-electron chi connectivity index (χ2n) is 3.67. The van der Waals surface area contributed by atoms with Crippen molar-refractivity contribution in [2.45, 2.75) is 16.1 Å². The van der Waals surface area contributed by atoms with Crippen LogP contribution in [0.5, 0.6) is 0 Å². The lowest BCUT2D eigenvalue weighted by Crippen LogP contribution is -2.05. The molecule has 0 aliphatic heterocycles. The molecule has 2 nitrogen and oxygen atoms in total. The minimum Gasteiger partial charge on any atom is -0.398 e. The first-order valence-electron chi connectivity index (χ1n) is 5.12. The molecule has 2 rings (SSSR count). The molecule has 0 saturated carbocycles. The Labute approximate surface area is 116 Å². The fourth-order valence-electron chi connectivity index (χ4n) is 1.32.